The second-order valence-corrected chi connectivity index (χ2v) is 4.94. The molecular formula is C12H10ClIN4. The van der Waals surface area contributed by atoms with E-state index in [0.29, 0.717) is 5.95 Å². The van der Waals surface area contributed by atoms with Gasteiger partial charge in [0.2, 0.25) is 5.95 Å². The van der Waals surface area contributed by atoms with Crippen molar-refractivity contribution in [3.63, 3.8) is 0 Å². The van der Waals surface area contributed by atoms with E-state index in [9.17, 15) is 0 Å². The van der Waals surface area contributed by atoms with Crippen molar-refractivity contribution >= 4 is 51.8 Å². The Hall–Kier alpha value is -1.34. The summed E-state index contributed by atoms with van der Waals surface area (Å²) in [4.78, 5) is 11.4. The number of nitrogen functional groups attached to an aromatic ring is 1. The van der Waals surface area contributed by atoms with Crippen LogP contribution in [0.5, 0.6) is 0 Å². The molecule has 3 N–H and O–H groups in total. The highest BCUT2D eigenvalue weighted by molar-refractivity contribution is 14.1. The number of hydrogen-bond acceptors (Lipinski definition) is 3. The Bertz CT molecular complexity index is 695. The minimum absolute atomic E-state index is 0. The van der Waals surface area contributed by atoms with Crippen LogP contribution in [0, 0.1) is 3.57 Å². The molecule has 1 aromatic carbocycles. The van der Waals surface area contributed by atoms with Crippen molar-refractivity contribution in [2.24, 2.45) is 0 Å². The maximum atomic E-state index is 5.60. The molecule has 92 valence electrons. The third-order valence-corrected chi connectivity index (χ3v) is 3.26. The highest BCUT2D eigenvalue weighted by atomic mass is 127. The fourth-order valence-electron chi connectivity index (χ4n) is 1.83. The van der Waals surface area contributed by atoms with Crippen LogP contribution in [-0.4, -0.2) is 15.0 Å². The number of hydrogen-bond donors (Lipinski definition) is 2. The number of aromatic amines is 1. The van der Waals surface area contributed by atoms with E-state index in [4.69, 9.17) is 5.73 Å². The van der Waals surface area contributed by atoms with Gasteiger partial charge in [0.05, 0.1) is 5.69 Å². The third-order valence-electron chi connectivity index (χ3n) is 2.59. The number of halogens is 2. The first kappa shape index (κ1) is 13.1. The molecular weight excluding hydrogens is 363 g/mol. The average molecular weight is 373 g/mol. The van der Waals surface area contributed by atoms with Crippen molar-refractivity contribution in [2.75, 3.05) is 5.73 Å². The van der Waals surface area contributed by atoms with Crippen LogP contribution in [0.4, 0.5) is 5.95 Å². The highest BCUT2D eigenvalue weighted by Crippen LogP contribution is 2.28. The fourth-order valence-corrected chi connectivity index (χ4v) is 2.33. The molecule has 0 amide bonds. The Balaban J connectivity index is 0.00000120. The lowest BCUT2D eigenvalue weighted by molar-refractivity contribution is 1.19. The summed E-state index contributed by atoms with van der Waals surface area (Å²) in [6.07, 6.45) is 3.62. The topological polar surface area (TPSA) is 67.6 Å². The molecule has 0 aliphatic heterocycles. The normalized spacial score (nSPS) is 10.3. The number of fused-ring (bicyclic) bond motifs is 1. The minimum atomic E-state index is 0. The highest BCUT2D eigenvalue weighted by Gasteiger charge is 2.07. The maximum Gasteiger partial charge on any atom is 0.220 e. The smallest absolute Gasteiger partial charge is 0.220 e. The van der Waals surface area contributed by atoms with E-state index in [1.165, 1.54) is 3.57 Å². The van der Waals surface area contributed by atoms with Crippen LogP contribution < -0.4 is 5.73 Å². The molecule has 0 saturated heterocycles. The van der Waals surface area contributed by atoms with Gasteiger partial charge in [-0.3, -0.25) is 0 Å². The number of nitrogens with zero attached hydrogens (tertiary/aromatic N) is 2. The van der Waals surface area contributed by atoms with Crippen LogP contribution in [0.2, 0.25) is 0 Å². The standard InChI is InChI=1S/C12H9IN4.ClH/c13-7-1-2-8-9(6-16-11(8)5-7)10-3-4-15-12(14)17-10;/h1-6,16H,(H2,14,15,17);1H. The molecule has 0 spiro atoms. The molecule has 4 nitrogen and oxygen atoms in total. The Labute approximate surface area is 124 Å². The first-order valence-electron chi connectivity index (χ1n) is 5.09. The Morgan fingerprint density at radius 3 is 2.83 bits per heavy atom. The summed E-state index contributed by atoms with van der Waals surface area (Å²) in [6.45, 7) is 0. The molecule has 0 aliphatic rings. The Morgan fingerprint density at radius 1 is 1.22 bits per heavy atom. The van der Waals surface area contributed by atoms with Gasteiger partial charge in [-0.25, -0.2) is 9.97 Å². The van der Waals surface area contributed by atoms with E-state index in [0.717, 1.165) is 22.2 Å². The van der Waals surface area contributed by atoms with Crippen molar-refractivity contribution in [3.05, 3.63) is 40.2 Å². The van der Waals surface area contributed by atoms with Gasteiger partial charge in [0, 0.05) is 32.4 Å². The van der Waals surface area contributed by atoms with E-state index in [1.54, 1.807) is 6.20 Å². The predicted octanol–water partition coefficient (Wildman–Crippen LogP) is 3.23. The Kier molecular flexibility index (Phi) is 3.72. The van der Waals surface area contributed by atoms with Gasteiger partial charge in [-0.05, 0) is 40.8 Å². The maximum absolute atomic E-state index is 5.60. The summed E-state index contributed by atoms with van der Waals surface area (Å²) < 4.78 is 1.20. The van der Waals surface area contributed by atoms with Gasteiger partial charge >= 0.3 is 0 Å². The summed E-state index contributed by atoms with van der Waals surface area (Å²) in [7, 11) is 0. The second-order valence-electron chi connectivity index (χ2n) is 3.69. The third kappa shape index (κ3) is 2.28. The Morgan fingerprint density at radius 2 is 2.06 bits per heavy atom. The quantitative estimate of drug-likeness (QED) is 0.645. The lowest BCUT2D eigenvalue weighted by Gasteiger charge is -1.99. The number of rotatable bonds is 1. The molecule has 0 radical (unpaired) electrons. The summed E-state index contributed by atoms with van der Waals surface area (Å²) >= 11 is 2.29. The van der Waals surface area contributed by atoms with Crippen LogP contribution in [-0.2, 0) is 0 Å². The predicted molar refractivity (Wildman–Crippen MR) is 83.7 cm³/mol. The van der Waals surface area contributed by atoms with E-state index < -0.39 is 0 Å². The molecule has 0 fully saturated rings. The summed E-state index contributed by atoms with van der Waals surface area (Å²) in [6, 6.07) is 8.12. The van der Waals surface area contributed by atoms with Crippen molar-refractivity contribution in [1.82, 2.24) is 15.0 Å². The van der Waals surface area contributed by atoms with Gasteiger partial charge < -0.3 is 10.7 Å². The minimum Gasteiger partial charge on any atom is -0.368 e. The number of nitrogens with one attached hydrogen (secondary N) is 1. The van der Waals surface area contributed by atoms with Crippen molar-refractivity contribution in [1.29, 1.82) is 0 Å². The molecule has 6 heteroatoms. The molecule has 0 aliphatic carbocycles. The molecule has 2 aromatic heterocycles. The zero-order chi connectivity index (χ0) is 11.8. The van der Waals surface area contributed by atoms with E-state index >= 15 is 0 Å². The van der Waals surface area contributed by atoms with Crippen LogP contribution in [0.15, 0.2) is 36.7 Å². The molecule has 3 rings (SSSR count). The lowest BCUT2D eigenvalue weighted by atomic mass is 10.1. The van der Waals surface area contributed by atoms with E-state index in [-0.39, 0.29) is 12.4 Å². The number of H-pyrrole nitrogens is 1. The molecule has 0 unspecified atom stereocenters. The largest absolute Gasteiger partial charge is 0.368 e. The molecule has 2 heterocycles. The fraction of sp³-hybridized carbons (Fsp3) is 0. The molecule has 0 saturated carbocycles. The molecule has 0 atom stereocenters. The van der Waals surface area contributed by atoms with Crippen LogP contribution in [0.25, 0.3) is 22.2 Å². The van der Waals surface area contributed by atoms with Gasteiger partial charge in [-0.15, -0.1) is 12.4 Å². The number of aromatic nitrogens is 3. The lowest BCUT2D eigenvalue weighted by Crippen LogP contribution is -1.94. The molecule has 3 aromatic rings. The van der Waals surface area contributed by atoms with Crippen molar-refractivity contribution in [2.45, 2.75) is 0 Å². The zero-order valence-corrected chi connectivity index (χ0v) is 12.2. The average Bonchev–Trinajstić information content (AvgIpc) is 2.71. The van der Waals surface area contributed by atoms with Gasteiger partial charge in [-0.2, -0.15) is 0 Å². The van der Waals surface area contributed by atoms with Gasteiger partial charge in [0.1, 0.15) is 0 Å². The first-order valence-corrected chi connectivity index (χ1v) is 6.17. The van der Waals surface area contributed by atoms with Gasteiger partial charge in [-0.1, -0.05) is 6.07 Å². The summed E-state index contributed by atoms with van der Waals surface area (Å²) in [5.41, 5.74) is 8.58. The zero-order valence-electron chi connectivity index (χ0n) is 9.22. The molecule has 0 bridgehead atoms. The van der Waals surface area contributed by atoms with Gasteiger partial charge in [0.15, 0.2) is 0 Å². The summed E-state index contributed by atoms with van der Waals surface area (Å²) in [5, 5.41) is 1.14. The van der Waals surface area contributed by atoms with Gasteiger partial charge in [0.25, 0.3) is 0 Å². The molecule has 18 heavy (non-hydrogen) atoms. The van der Waals surface area contributed by atoms with Crippen molar-refractivity contribution < 1.29 is 0 Å². The van der Waals surface area contributed by atoms with Crippen molar-refractivity contribution in [3.8, 4) is 11.3 Å². The van der Waals surface area contributed by atoms with Crippen LogP contribution in [0.1, 0.15) is 0 Å². The van der Waals surface area contributed by atoms with Crippen LogP contribution in [0.3, 0.4) is 0 Å². The number of nitrogens with two attached hydrogens (primary N) is 1. The first-order chi connectivity index (χ1) is 8.24. The number of benzene rings is 1. The second kappa shape index (κ2) is 5.11. The summed E-state index contributed by atoms with van der Waals surface area (Å²) in [5.74, 6) is 0.294. The monoisotopic (exact) mass is 372 g/mol. The SMILES string of the molecule is Cl.Nc1nccc(-c2c[nH]c3cc(I)ccc23)n1. The van der Waals surface area contributed by atoms with E-state index in [1.807, 2.05) is 12.3 Å². The van der Waals surface area contributed by atoms with Crippen LogP contribution >= 0.6 is 35.0 Å². The van der Waals surface area contributed by atoms with E-state index in [2.05, 4.69) is 55.7 Å². The number of anilines is 1.